The van der Waals surface area contributed by atoms with Crippen LogP contribution in [-0.4, -0.2) is 22.3 Å². The number of carbonyl (C=O) groups excluding carboxylic acids is 1. The van der Waals surface area contributed by atoms with Crippen molar-refractivity contribution in [2.24, 2.45) is 5.10 Å². The second-order valence-electron chi connectivity index (χ2n) is 7.43. The number of amides is 1. The Bertz CT molecular complexity index is 1260. The molecular formula is C27H24N4O2. The summed E-state index contributed by atoms with van der Waals surface area (Å²) in [6.07, 6.45) is 5.18. The predicted molar refractivity (Wildman–Crippen MR) is 131 cm³/mol. The molecule has 0 saturated heterocycles. The molecule has 0 fully saturated rings. The molecule has 6 nitrogen and oxygen atoms in total. The fraction of sp³-hybridized carbons (Fsp3) is 0.0741. The number of aromatic amines is 1. The molecule has 1 aromatic heterocycles. The van der Waals surface area contributed by atoms with Gasteiger partial charge in [-0.2, -0.15) is 10.2 Å². The number of nitrogens with one attached hydrogen (secondary N) is 2. The van der Waals surface area contributed by atoms with Gasteiger partial charge in [-0.3, -0.25) is 9.89 Å². The van der Waals surface area contributed by atoms with E-state index in [9.17, 15) is 4.79 Å². The first-order valence-electron chi connectivity index (χ1n) is 10.6. The van der Waals surface area contributed by atoms with Gasteiger partial charge in [-0.05, 0) is 42.3 Å². The fourth-order valence-corrected chi connectivity index (χ4v) is 3.14. The molecule has 1 amide bonds. The van der Waals surface area contributed by atoms with Gasteiger partial charge in [0, 0.05) is 11.8 Å². The van der Waals surface area contributed by atoms with Gasteiger partial charge in [-0.25, -0.2) is 5.43 Å². The molecule has 0 aliphatic heterocycles. The number of H-pyrrole nitrogens is 1. The van der Waals surface area contributed by atoms with E-state index in [0.717, 1.165) is 16.7 Å². The summed E-state index contributed by atoms with van der Waals surface area (Å²) in [5, 5.41) is 11.0. The average Bonchev–Trinajstić information content (AvgIpc) is 3.35. The Kier molecular flexibility index (Phi) is 7.08. The van der Waals surface area contributed by atoms with E-state index < -0.39 is 0 Å². The topological polar surface area (TPSA) is 79.4 Å². The zero-order valence-electron chi connectivity index (χ0n) is 18.2. The van der Waals surface area contributed by atoms with E-state index in [1.807, 2.05) is 72.8 Å². The van der Waals surface area contributed by atoms with Crippen molar-refractivity contribution in [3.05, 3.63) is 113 Å². The number of ether oxygens (including phenoxy) is 1. The van der Waals surface area contributed by atoms with Gasteiger partial charge in [0.1, 0.15) is 18.1 Å². The molecule has 4 rings (SSSR count). The van der Waals surface area contributed by atoms with Crippen LogP contribution in [-0.2, 0) is 6.61 Å². The highest BCUT2D eigenvalue weighted by Crippen LogP contribution is 2.29. The normalized spacial score (nSPS) is 11.2. The molecule has 3 aromatic carbocycles. The van der Waals surface area contributed by atoms with E-state index in [0.29, 0.717) is 23.7 Å². The fourth-order valence-electron chi connectivity index (χ4n) is 3.14. The lowest BCUT2D eigenvalue weighted by Gasteiger charge is -2.10. The number of hydrazone groups is 1. The number of hydrogen-bond acceptors (Lipinski definition) is 4. The van der Waals surface area contributed by atoms with Crippen molar-refractivity contribution in [1.29, 1.82) is 0 Å². The lowest BCUT2D eigenvalue weighted by molar-refractivity contribution is 0.0950. The van der Waals surface area contributed by atoms with Gasteiger partial charge in [-0.1, -0.05) is 78.4 Å². The van der Waals surface area contributed by atoms with Crippen molar-refractivity contribution in [2.45, 2.75) is 13.5 Å². The van der Waals surface area contributed by atoms with E-state index in [1.54, 1.807) is 12.1 Å². The Balaban J connectivity index is 1.38. The molecular weight excluding hydrogens is 412 g/mol. The molecule has 0 aliphatic carbocycles. The monoisotopic (exact) mass is 436 g/mol. The van der Waals surface area contributed by atoms with E-state index in [-0.39, 0.29) is 5.91 Å². The molecule has 0 spiro atoms. The van der Waals surface area contributed by atoms with E-state index in [1.165, 1.54) is 11.8 Å². The molecule has 33 heavy (non-hydrogen) atoms. The first kappa shape index (κ1) is 21.8. The number of carbonyl (C=O) groups is 1. The summed E-state index contributed by atoms with van der Waals surface area (Å²) in [5.74, 6) is 0.316. The van der Waals surface area contributed by atoms with Gasteiger partial charge in [0.05, 0.1) is 5.69 Å². The predicted octanol–water partition coefficient (Wildman–Crippen LogP) is 5.39. The van der Waals surface area contributed by atoms with Crippen LogP contribution in [0.15, 0.2) is 96.1 Å². The summed E-state index contributed by atoms with van der Waals surface area (Å²) >= 11 is 0. The molecule has 4 aromatic rings. The van der Waals surface area contributed by atoms with Gasteiger partial charge in [-0.15, -0.1) is 0 Å². The Morgan fingerprint density at radius 3 is 2.61 bits per heavy atom. The van der Waals surface area contributed by atoms with Crippen LogP contribution in [0, 0.1) is 6.92 Å². The minimum atomic E-state index is -0.379. The molecule has 164 valence electrons. The summed E-state index contributed by atoms with van der Waals surface area (Å²) in [5.41, 5.74) is 7.56. The smallest absolute Gasteiger partial charge is 0.289 e. The van der Waals surface area contributed by atoms with Crippen LogP contribution in [0.1, 0.15) is 27.2 Å². The van der Waals surface area contributed by atoms with Crippen LogP contribution in [0.5, 0.6) is 5.75 Å². The first-order chi connectivity index (χ1) is 16.2. The quantitative estimate of drug-likeness (QED) is 0.287. The second kappa shape index (κ2) is 10.7. The van der Waals surface area contributed by atoms with Crippen molar-refractivity contribution in [3.8, 4) is 17.0 Å². The van der Waals surface area contributed by atoms with Crippen LogP contribution in [0.3, 0.4) is 0 Å². The van der Waals surface area contributed by atoms with Crippen molar-refractivity contribution in [2.75, 3.05) is 0 Å². The summed E-state index contributed by atoms with van der Waals surface area (Å²) in [6.45, 7) is 2.50. The number of nitrogens with zero attached hydrogens (tertiary/aromatic N) is 2. The highest BCUT2D eigenvalue weighted by Gasteiger charge is 2.13. The minimum absolute atomic E-state index is 0.308. The number of allylic oxidation sites excluding steroid dienone is 1. The Morgan fingerprint density at radius 2 is 1.79 bits per heavy atom. The second-order valence-corrected chi connectivity index (χ2v) is 7.43. The zero-order valence-corrected chi connectivity index (χ0v) is 18.2. The number of para-hydroxylation sites is 1. The third-order valence-electron chi connectivity index (χ3n) is 4.92. The van der Waals surface area contributed by atoms with Crippen LogP contribution >= 0.6 is 0 Å². The molecule has 0 atom stereocenters. The number of aromatic nitrogens is 2. The third kappa shape index (κ3) is 6.04. The zero-order chi connectivity index (χ0) is 22.9. The van der Waals surface area contributed by atoms with Crippen molar-refractivity contribution >= 4 is 18.2 Å². The Hall–Kier alpha value is -4.45. The first-order valence-corrected chi connectivity index (χ1v) is 10.6. The van der Waals surface area contributed by atoms with E-state index in [2.05, 4.69) is 39.8 Å². The van der Waals surface area contributed by atoms with Gasteiger partial charge in [0.25, 0.3) is 5.91 Å². The Labute approximate surface area is 192 Å². The molecule has 0 aliphatic rings. The lowest BCUT2D eigenvalue weighted by atomic mass is 10.1. The number of rotatable bonds is 8. The minimum Gasteiger partial charge on any atom is -0.488 e. The molecule has 0 radical (unpaired) electrons. The van der Waals surface area contributed by atoms with Gasteiger partial charge in [0.2, 0.25) is 0 Å². The number of hydrogen-bond donors (Lipinski definition) is 2. The van der Waals surface area contributed by atoms with Gasteiger partial charge >= 0.3 is 0 Å². The number of aryl methyl sites for hydroxylation is 1. The largest absolute Gasteiger partial charge is 0.488 e. The Morgan fingerprint density at radius 1 is 1.03 bits per heavy atom. The summed E-state index contributed by atoms with van der Waals surface area (Å²) in [4.78, 5) is 12.4. The number of benzene rings is 3. The standard InChI is InChI=1S/C27H24N4O2/c1-20-13-15-22(16-14-20)19-33-26-12-6-5-11-23(26)24-18-25(30-29-24)27(32)31-28-17-7-10-21-8-3-2-4-9-21/h2-18H,19H2,1H3,(H,29,30)(H,31,32). The van der Waals surface area contributed by atoms with Crippen molar-refractivity contribution < 1.29 is 9.53 Å². The molecule has 0 bridgehead atoms. The highest BCUT2D eigenvalue weighted by atomic mass is 16.5. The average molecular weight is 437 g/mol. The van der Waals surface area contributed by atoms with Gasteiger partial charge in [0.15, 0.2) is 0 Å². The summed E-state index contributed by atoms with van der Waals surface area (Å²) in [6, 6.07) is 27.3. The van der Waals surface area contributed by atoms with Crippen LogP contribution in [0.2, 0.25) is 0 Å². The summed E-state index contributed by atoms with van der Waals surface area (Å²) in [7, 11) is 0. The lowest BCUT2D eigenvalue weighted by Crippen LogP contribution is -2.17. The van der Waals surface area contributed by atoms with Crippen LogP contribution in [0.25, 0.3) is 17.3 Å². The molecule has 6 heteroatoms. The van der Waals surface area contributed by atoms with E-state index >= 15 is 0 Å². The maximum Gasteiger partial charge on any atom is 0.289 e. The molecule has 1 heterocycles. The maximum absolute atomic E-state index is 12.4. The van der Waals surface area contributed by atoms with Crippen LogP contribution in [0.4, 0.5) is 0 Å². The molecule has 0 unspecified atom stereocenters. The molecule has 2 N–H and O–H groups in total. The van der Waals surface area contributed by atoms with E-state index in [4.69, 9.17) is 4.74 Å². The third-order valence-corrected chi connectivity index (χ3v) is 4.92. The van der Waals surface area contributed by atoms with Crippen LogP contribution < -0.4 is 10.2 Å². The maximum atomic E-state index is 12.4. The van der Waals surface area contributed by atoms with Crippen molar-refractivity contribution in [1.82, 2.24) is 15.6 Å². The molecule has 0 saturated carbocycles. The SMILES string of the molecule is Cc1ccc(COc2ccccc2-c2cc(C(=O)NN=CC=Cc3ccccc3)[nH]n2)cc1. The highest BCUT2D eigenvalue weighted by molar-refractivity contribution is 5.94. The summed E-state index contributed by atoms with van der Waals surface area (Å²) < 4.78 is 6.03. The van der Waals surface area contributed by atoms with Gasteiger partial charge < -0.3 is 4.74 Å². The van der Waals surface area contributed by atoms with Crippen molar-refractivity contribution in [3.63, 3.8) is 0 Å².